The highest BCUT2D eigenvalue weighted by molar-refractivity contribution is 5.93. The summed E-state index contributed by atoms with van der Waals surface area (Å²) in [6.45, 7) is 4.79. The number of ether oxygens (including phenoxy) is 1. The van der Waals surface area contributed by atoms with Crippen LogP contribution in [-0.4, -0.2) is 41.5 Å². The summed E-state index contributed by atoms with van der Waals surface area (Å²) in [6.07, 6.45) is 3.59. The van der Waals surface area contributed by atoms with Crippen LogP contribution < -0.4 is 26.9 Å². The SMILES string of the molecule is CCOc1ccc(C(=O)NCCN(N)C=C(N)C(=O)NC(C#N)c2ccc(CC)cc2)nc1. The van der Waals surface area contributed by atoms with Crippen molar-refractivity contribution in [2.24, 2.45) is 11.6 Å². The predicted octanol–water partition coefficient (Wildman–Crippen LogP) is 1.13. The molecular weight excluding hydrogens is 422 g/mol. The number of carbonyl (C=O) groups is 2. The minimum absolute atomic E-state index is 0.164. The van der Waals surface area contributed by atoms with Gasteiger partial charge in [0, 0.05) is 12.7 Å². The van der Waals surface area contributed by atoms with E-state index in [-0.39, 0.29) is 30.4 Å². The summed E-state index contributed by atoms with van der Waals surface area (Å²) < 4.78 is 5.29. The first-order valence-electron chi connectivity index (χ1n) is 10.5. The zero-order valence-electron chi connectivity index (χ0n) is 18.7. The number of pyridine rings is 1. The van der Waals surface area contributed by atoms with Gasteiger partial charge in [0.2, 0.25) is 0 Å². The Bertz CT molecular complexity index is 998. The number of hydrazine groups is 1. The smallest absolute Gasteiger partial charge is 0.270 e. The van der Waals surface area contributed by atoms with Crippen LogP contribution >= 0.6 is 0 Å². The molecule has 0 aliphatic carbocycles. The fourth-order valence-corrected chi connectivity index (χ4v) is 2.81. The number of nitrogens with zero attached hydrogens (tertiary/aromatic N) is 3. The Labute approximate surface area is 193 Å². The van der Waals surface area contributed by atoms with Crippen LogP contribution in [0, 0.1) is 11.3 Å². The second kappa shape index (κ2) is 12.7. The summed E-state index contributed by atoms with van der Waals surface area (Å²) in [5.74, 6) is 5.43. The number of hydrogen-bond donors (Lipinski definition) is 4. The first kappa shape index (κ1) is 25.2. The second-order valence-corrected chi connectivity index (χ2v) is 7.02. The fraction of sp³-hybridized carbons (Fsp3) is 0.304. The van der Waals surface area contributed by atoms with Crippen LogP contribution in [0.5, 0.6) is 5.75 Å². The molecule has 2 aromatic rings. The van der Waals surface area contributed by atoms with Crippen LogP contribution in [0.3, 0.4) is 0 Å². The molecule has 33 heavy (non-hydrogen) atoms. The maximum Gasteiger partial charge on any atom is 0.270 e. The highest BCUT2D eigenvalue weighted by atomic mass is 16.5. The largest absolute Gasteiger partial charge is 0.492 e. The molecule has 1 atom stereocenters. The van der Waals surface area contributed by atoms with Gasteiger partial charge in [0.1, 0.15) is 23.2 Å². The van der Waals surface area contributed by atoms with Gasteiger partial charge in [-0.2, -0.15) is 5.26 Å². The van der Waals surface area contributed by atoms with Crippen LogP contribution in [0.2, 0.25) is 0 Å². The van der Waals surface area contributed by atoms with Gasteiger partial charge in [-0.1, -0.05) is 31.2 Å². The third kappa shape index (κ3) is 7.83. The number of nitrogens with one attached hydrogen (secondary N) is 2. The average molecular weight is 452 g/mol. The quantitative estimate of drug-likeness (QED) is 0.225. The van der Waals surface area contributed by atoms with E-state index in [1.165, 1.54) is 17.4 Å². The van der Waals surface area contributed by atoms with Crippen molar-refractivity contribution in [1.82, 2.24) is 20.6 Å². The van der Waals surface area contributed by atoms with E-state index in [1.54, 1.807) is 24.3 Å². The van der Waals surface area contributed by atoms with E-state index in [2.05, 4.69) is 15.6 Å². The Hall–Kier alpha value is -4.10. The molecule has 0 aliphatic heterocycles. The Morgan fingerprint density at radius 3 is 2.55 bits per heavy atom. The van der Waals surface area contributed by atoms with E-state index in [1.807, 2.05) is 32.0 Å². The summed E-state index contributed by atoms with van der Waals surface area (Å²) in [5, 5.41) is 15.8. The molecule has 1 aromatic carbocycles. The van der Waals surface area contributed by atoms with E-state index < -0.39 is 11.9 Å². The molecule has 0 saturated heterocycles. The lowest BCUT2D eigenvalue weighted by molar-refractivity contribution is -0.118. The van der Waals surface area contributed by atoms with Crippen LogP contribution in [0.15, 0.2) is 54.5 Å². The van der Waals surface area contributed by atoms with Gasteiger partial charge in [0.25, 0.3) is 11.8 Å². The van der Waals surface area contributed by atoms with Gasteiger partial charge < -0.3 is 26.1 Å². The Morgan fingerprint density at radius 1 is 1.24 bits per heavy atom. The summed E-state index contributed by atoms with van der Waals surface area (Å²) in [5.41, 5.74) is 7.68. The summed E-state index contributed by atoms with van der Waals surface area (Å²) in [7, 11) is 0. The minimum atomic E-state index is -0.845. The molecule has 0 spiro atoms. The molecule has 0 radical (unpaired) electrons. The minimum Gasteiger partial charge on any atom is -0.492 e. The third-order valence-corrected chi connectivity index (χ3v) is 4.63. The molecule has 6 N–H and O–H groups in total. The van der Waals surface area contributed by atoms with E-state index in [4.69, 9.17) is 16.3 Å². The van der Waals surface area contributed by atoms with Gasteiger partial charge >= 0.3 is 0 Å². The van der Waals surface area contributed by atoms with Crippen molar-refractivity contribution >= 4 is 11.8 Å². The number of aryl methyl sites for hydroxylation is 1. The van der Waals surface area contributed by atoms with Crippen LogP contribution in [0.25, 0.3) is 0 Å². The molecule has 1 unspecified atom stereocenters. The van der Waals surface area contributed by atoms with Gasteiger partial charge in [-0.15, -0.1) is 0 Å². The van der Waals surface area contributed by atoms with Gasteiger partial charge in [0.15, 0.2) is 0 Å². The van der Waals surface area contributed by atoms with Crippen molar-refractivity contribution in [3.63, 3.8) is 0 Å². The first-order chi connectivity index (χ1) is 15.9. The molecule has 1 heterocycles. The van der Waals surface area contributed by atoms with E-state index in [9.17, 15) is 14.9 Å². The zero-order chi connectivity index (χ0) is 24.2. The number of hydrogen-bond acceptors (Lipinski definition) is 8. The van der Waals surface area contributed by atoms with E-state index in [0.29, 0.717) is 17.9 Å². The normalized spacial score (nSPS) is 11.8. The highest BCUT2D eigenvalue weighted by Crippen LogP contribution is 2.14. The summed E-state index contributed by atoms with van der Waals surface area (Å²) in [4.78, 5) is 28.5. The van der Waals surface area contributed by atoms with Crippen molar-refractivity contribution < 1.29 is 14.3 Å². The van der Waals surface area contributed by atoms with Crippen molar-refractivity contribution in [2.45, 2.75) is 26.3 Å². The standard InChI is InChI=1S/C23H29N7O3/c1-3-16-5-7-17(8-6-16)21(13-24)29-22(31)19(25)15-30(26)12-11-27-23(32)20-10-9-18(14-28-20)33-4-2/h5-10,14-15,21H,3-4,11-12,25-26H2,1-2H3,(H,27,32)(H,29,31). The third-order valence-electron chi connectivity index (χ3n) is 4.63. The Kier molecular flexibility index (Phi) is 9.67. The van der Waals surface area contributed by atoms with Gasteiger partial charge in [-0.05, 0) is 36.6 Å². The monoisotopic (exact) mass is 451 g/mol. The molecule has 0 bridgehead atoms. The highest BCUT2D eigenvalue weighted by Gasteiger charge is 2.16. The van der Waals surface area contributed by atoms with Gasteiger partial charge in [0.05, 0.1) is 25.4 Å². The lowest BCUT2D eigenvalue weighted by atomic mass is 10.0. The average Bonchev–Trinajstić information content (AvgIpc) is 2.83. The molecular formula is C23H29N7O3. The topological polar surface area (TPSA) is 159 Å². The molecule has 2 rings (SSSR count). The second-order valence-electron chi connectivity index (χ2n) is 7.02. The maximum absolute atomic E-state index is 12.4. The first-order valence-corrected chi connectivity index (χ1v) is 10.5. The van der Waals surface area contributed by atoms with Crippen LogP contribution in [0.1, 0.15) is 41.5 Å². The van der Waals surface area contributed by atoms with Crippen LogP contribution in [0.4, 0.5) is 0 Å². The molecule has 10 nitrogen and oxygen atoms in total. The predicted molar refractivity (Wildman–Crippen MR) is 123 cm³/mol. The molecule has 1 aromatic heterocycles. The lowest BCUT2D eigenvalue weighted by Gasteiger charge is -2.16. The fourth-order valence-electron chi connectivity index (χ4n) is 2.81. The van der Waals surface area contributed by atoms with E-state index >= 15 is 0 Å². The Morgan fingerprint density at radius 2 is 1.97 bits per heavy atom. The number of benzene rings is 1. The number of amides is 2. The molecule has 2 amide bonds. The molecule has 0 aliphatic rings. The number of nitrogens with two attached hydrogens (primary N) is 2. The van der Waals surface area contributed by atoms with Crippen molar-refractivity contribution in [1.29, 1.82) is 5.26 Å². The van der Waals surface area contributed by atoms with E-state index in [0.717, 1.165) is 12.0 Å². The lowest BCUT2D eigenvalue weighted by Crippen LogP contribution is -2.38. The van der Waals surface area contributed by atoms with Crippen LogP contribution in [-0.2, 0) is 11.2 Å². The van der Waals surface area contributed by atoms with Gasteiger partial charge in [-0.3, -0.25) is 9.59 Å². The number of rotatable bonds is 11. The maximum atomic E-state index is 12.4. The number of nitriles is 1. The van der Waals surface area contributed by atoms with Crippen molar-refractivity contribution in [3.05, 3.63) is 71.3 Å². The number of aromatic nitrogens is 1. The number of carbonyl (C=O) groups excluding carboxylic acids is 2. The molecule has 0 saturated carbocycles. The molecule has 174 valence electrons. The van der Waals surface area contributed by atoms with Crippen molar-refractivity contribution in [2.75, 3.05) is 19.7 Å². The summed E-state index contributed by atoms with van der Waals surface area (Å²) in [6, 6.07) is 11.8. The Balaban J connectivity index is 1.84. The van der Waals surface area contributed by atoms with Gasteiger partial charge in [-0.25, -0.2) is 10.8 Å². The van der Waals surface area contributed by atoms with Crippen molar-refractivity contribution in [3.8, 4) is 11.8 Å². The molecule has 0 fully saturated rings. The summed E-state index contributed by atoms with van der Waals surface area (Å²) >= 11 is 0. The zero-order valence-corrected chi connectivity index (χ0v) is 18.7. The molecule has 10 heteroatoms.